The normalized spacial score (nSPS) is 11.2. The molecule has 3 amide bonds. The van der Waals surface area contributed by atoms with Gasteiger partial charge in [0.25, 0.3) is 0 Å². The lowest BCUT2D eigenvalue weighted by molar-refractivity contribution is -0.123. The summed E-state index contributed by atoms with van der Waals surface area (Å²) in [5.74, 6) is 1.14. The molecule has 4 aromatic rings. The predicted molar refractivity (Wildman–Crippen MR) is 137 cm³/mol. The minimum Gasteiger partial charge on any atom is -0.457 e. The molecule has 6 nitrogen and oxygen atoms in total. The average molecular weight is 466 g/mol. The molecule has 4 aromatic carbocycles. The Morgan fingerprint density at radius 3 is 1.83 bits per heavy atom. The van der Waals surface area contributed by atoms with Gasteiger partial charge < -0.3 is 20.7 Å². The summed E-state index contributed by atoms with van der Waals surface area (Å²) in [4.78, 5) is 25.7. The van der Waals surface area contributed by atoms with E-state index in [1.165, 1.54) is 0 Å². The fourth-order valence-electron chi connectivity index (χ4n) is 3.52. The SMILES string of the molecule is O=C(Nc1ccc(Oc2ccccc2)cc1)NC(Cc1ccccc1)C(=O)NCc1ccccc1. The summed E-state index contributed by atoms with van der Waals surface area (Å²) in [6.07, 6.45) is 0.374. The smallest absolute Gasteiger partial charge is 0.319 e. The van der Waals surface area contributed by atoms with Crippen molar-refractivity contribution in [2.24, 2.45) is 0 Å². The standard InChI is InChI=1S/C29H27N3O3/c33-28(30-21-23-12-6-2-7-13-23)27(20-22-10-4-1-5-11-22)32-29(34)31-24-16-18-26(19-17-24)35-25-14-8-3-9-15-25/h1-19,27H,20-21H2,(H,30,33)(H2,31,32,34). The molecule has 6 heteroatoms. The van der Waals surface area contributed by atoms with Gasteiger partial charge in [-0.05, 0) is 47.5 Å². The molecule has 0 spiro atoms. The highest BCUT2D eigenvalue weighted by Crippen LogP contribution is 2.22. The van der Waals surface area contributed by atoms with E-state index in [-0.39, 0.29) is 5.91 Å². The van der Waals surface area contributed by atoms with E-state index in [9.17, 15) is 9.59 Å². The van der Waals surface area contributed by atoms with E-state index in [1.807, 2.05) is 91.0 Å². The van der Waals surface area contributed by atoms with Gasteiger partial charge in [-0.25, -0.2) is 4.79 Å². The van der Waals surface area contributed by atoms with Crippen molar-refractivity contribution in [3.8, 4) is 11.5 Å². The number of amides is 3. The molecule has 3 N–H and O–H groups in total. The molecular weight excluding hydrogens is 438 g/mol. The average Bonchev–Trinajstić information content (AvgIpc) is 2.90. The zero-order valence-corrected chi connectivity index (χ0v) is 19.2. The first-order valence-corrected chi connectivity index (χ1v) is 11.4. The highest BCUT2D eigenvalue weighted by molar-refractivity contribution is 5.93. The van der Waals surface area contributed by atoms with Crippen LogP contribution in [0.2, 0.25) is 0 Å². The molecule has 176 valence electrons. The van der Waals surface area contributed by atoms with E-state index in [4.69, 9.17) is 4.74 Å². The van der Waals surface area contributed by atoms with Crippen molar-refractivity contribution >= 4 is 17.6 Å². The molecule has 0 saturated heterocycles. The molecule has 35 heavy (non-hydrogen) atoms. The predicted octanol–water partition coefficient (Wildman–Crippen LogP) is 5.53. The van der Waals surface area contributed by atoms with Crippen LogP contribution in [0, 0.1) is 0 Å². The Bertz CT molecular complexity index is 1210. The number of hydrogen-bond acceptors (Lipinski definition) is 3. The van der Waals surface area contributed by atoms with Crippen molar-refractivity contribution in [1.29, 1.82) is 0 Å². The lowest BCUT2D eigenvalue weighted by atomic mass is 10.1. The second-order valence-electron chi connectivity index (χ2n) is 7.98. The van der Waals surface area contributed by atoms with Crippen molar-refractivity contribution in [3.63, 3.8) is 0 Å². The van der Waals surface area contributed by atoms with E-state index < -0.39 is 12.1 Å². The molecule has 0 radical (unpaired) electrons. The van der Waals surface area contributed by atoms with E-state index >= 15 is 0 Å². The van der Waals surface area contributed by atoms with E-state index in [2.05, 4.69) is 16.0 Å². The number of hydrogen-bond donors (Lipinski definition) is 3. The molecule has 0 aliphatic rings. The number of nitrogens with one attached hydrogen (secondary N) is 3. The van der Waals surface area contributed by atoms with Gasteiger partial charge in [-0.2, -0.15) is 0 Å². The number of rotatable bonds is 9. The Hall–Kier alpha value is -4.58. The topological polar surface area (TPSA) is 79.5 Å². The van der Waals surface area contributed by atoms with Crippen molar-refractivity contribution in [3.05, 3.63) is 126 Å². The maximum Gasteiger partial charge on any atom is 0.319 e. The maximum atomic E-state index is 13.0. The van der Waals surface area contributed by atoms with Gasteiger partial charge in [-0.15, -0.1) is 0 Å². The molecule has 1 unspecified atom stereocenters. The van der Waals surface area contributed by atoms with Crippen LogP contribution in [0.15, 0.2) is 115 Å². The Labute approximate surface area is 205 Å². The number of carbonyl (C=O) groups is 2. The third-order valence-corrected chi connectivity index (χ3v) is 5.31. The number of benzene rings is 4. The highest BCUT2D eigenvalue weighted by Gasteiger charge is 2.21. The first kappa shape index (κ1) is 23.6. The van der Waals surface area contributed by atoms with Crippen molar-refractivity contribution in [2.75, 3.05) is 5.32 Å². The van der Waals surface area contributed by atoms with E-state index in [0.29, 0.717) is 24.4 Å². The van der Waals surface area contributed by atoms with Crippen LogP contribution >= 0.6 is 0 Å². The van der Waals surface area contributed by atoms with Crippen LogP contribution < -0.4 is 20.7 Å². The van der Waals surface area contributed by atoms with Gasteiger partial charge in [0.05, 0.1) is 0 Å². The third kappa shape index (κ3) is 7.47. The van der Waals surface area contributed by atoms with Gasteiger partial charge in [0.2, 0.25) is 5.91 Å². The molecule has 0 aromatic heterocycles. The summed E-state index contributed by atoms with van der Waals surface area (Å²) < 4.78 is 5.78. The second kappa shape index (κ2) is 12.0. The van der Waals surface area contributed by atoms with E-state index in [1.54, 1.807) is 24.3 Å². The van der Waals surface area contributed by atoms with Gasteiger partial charge in [-0.1, -0.05) is 78.9 Å². The number of anilines is 1. The summed E-state index contributed by atoms with van der Waals surface area (Å²) in [7, 11) is 0. The fraction of sp³-hybridized carbons (Fsp3) is 0.103. The molecule has 0 fully saturated rings. The molecule has 0 bridgehead atoms. The molecule has 0 aliphatic heterocycles. The second-order valence-corrected chi connectivity index (χ2v) is 7.98. The Balaban J connectivity index is 1.37. The summed E-state index contributed by atoms with van der Waals surface area (Å²) >= 11 is 0. The van der Waals surface area contributed by atoms with Crippen LogP contribution in [0.5, 0.6) is 11.5 Å². The summed E-state index contributed by atoms with van der Waals surface area (Å²) in [6, 6.07) is 34.6. The Morgan fingerprint density at radius 1 is 0.657 bits per heavy atom. The Morgan fingerprint density at radius 2 is 1.20 bits per heavy atom. The van der Waals surface area contributed by atoms with Gasteiger partial charge in [0.1, 0.15) is 17.5 Å². The van der Waals surface area contributed by atoms with Crippen LogP contribution in [0.25, 0.3) is 0 Å². The monoisotopic (exact) mass is 465 g/mol. The lowest BCUT2D eigenvalue weighted by Crippen LogP contribution is -2.49. The van der Waals surface area contributed by atoms with Crippen LogP contribution in [-0.2, 0) is 17.8 Å². The molecule has 4 rings (SSSR count). The summed E-state index contributed by atoms with van der Waals surface area (Å²) in [6.45, 7) is 0.386. The quantitative estimate of drug-likeness (QED) is 0.304. The van der Waals surface area contributed by atoms with Crippen LogP contribution in [0.1, 0.15) is 11.1 Å². The van der Waals surface area contributed by atoms with Crippen molar-refractivity contribution in [1.82, 2.24) is 10.6 Å². The van der Waals surface area contributed by atoms with Crippen LogP contribution in [0.3, 0.4) is 0 Å². The highest BCUT2D eigenvalue weighted by atomic mass is 16.5. The van der Waals surface area contributed by atoms with Crippen LogP contribution in [-0.4, -0.2) is 18.0 Å². The van der Waals surface area contributed by atoms with Gasteiger partial charge in [0, 0.05) is 18.7 Å². The first-order chi connectivity index (χ1) is 17.2. The minimum atomic E-state index is -0.734. The van der Waals surface area contributed by atoms with Crippen LogP contribution in [0.4, 0.5) is 10.5 Å². The molecule has 0 saturated carbocycles. The molecule has 1 atom stereocenters. The Kier molecular flexibility index (Phi) is 8.11. The fourth-order valence-corrected chi connectivity index (χ4v) is 3.52. The van der Waals surface area contributed by atoms with E-state index in [0.717, 1.165) is 16.9 Å². The van der Waals surface area contributed by atoms with Gasteiger partial charge in [0.15, 0.2) is 0 Å². The lowest BCUT2D eigenvalue weighted by Gasteiger charge is -2.19. The maximum absolute atomic E-state index is 13.0. The number of para-hydroxylation sites is 1. The van der Waals surface area contributed by atoms with Crippen molar-refractivity contribution < 1.29 is 14.3 Å². The third-order valence-electron chi connectivity index (χ3n) is 5.31. The summed E-state index contributed by atoms with van der Waals surface area (Å²) in [5, 5.41) is 8.52. The number of carbonyl (C=O) groups excluding carboxylic acids is 2. The number of ether oxygens (including phenoxy) is 1. The molecule has 0 heterocycles. The zero-order chi connectivity index (χ0) is 24.3. The zero-order valence-electron chi connectivity index (χ0n) is 19.2. The number of urea groups is 1. The largest absolute Gasteiger partial charge is 0.457 e. The molecular formula is C29H27N3O3. The molecule has 0 aliphatic carbocycles. The van der Waals surface area contributed by atoms with Gasteiger partial charge in [-0.3, -0.25) is 4.79 Å². The first-order valence-electron chi connectivity index (χ1n) is 11.4. The van der Waals surface area contributed by atoms with Gasteiger partial charge >= 0.3 is 6.03 Å². The van der Waals surface area contributed by atoms with Crippen molar-refractivity contribution in [2.45, 2.75) is 19.0 Å². The minimum absolute atomic E-state index is 0.250. The summed E-state index contributed by atoms with van der Waals surface area (Å²) in [5.41, 5.74) is 2.53.